The summed E-state index contributed by atoms with van der Waals surface area (Å²) >= 11 is 0. The van der Waals surface area contributed by atoms with Gasteiger partial charge in [-0.1, -0.05) is 80.6 Å². The maximum atomic E-state index is 11.4. The van der Waals surface area contributed by atoms with E-state index in [9.17, 15) is 14.4 Å². The zero-order chi connectivity index (χ0) is 20.3. The SMILES string of the molecule is CC(CCCCCCCCOc1ccccc1)(OP(=O)(O)O)c1ccccc1. The number of rotatable bonds is 13. The van der Waals surface area contributed by atoms with Crippen molar-refractivity contribution in [2.45, 2.75) is 57.5 Å². The first-order valence-corrected chi connectivity index (χ1v) is 11.4. The van der Waals surface area contributed by atoms with E-state index in [0.29, 0.717) is 6.42 Å². The van der Waals surface area contributed by atoms with E-state index < -0.39 is 13.4 Å². The van der Waals surface area contributed by atoms with E-state index in [1.54, 1.807) is 6.92 Å². The molecule has 2 aromatic rings. The van der Waals surface area contributed by atoms with E-state index in [0.717, 1.165) is 56.4 Å². The van der Waals surface area contributed by atoms with Gasteiger partial charge in [-0.3, -0.25) is 4.52 Å². The van der Waals surface area contributed by atoms with Crippen LogP contribution < -0.4 is 4.74 Å². The molecule has 2 N–H and O–H groups in total. The second kappa shape index (κ2) is 11.4. The Hall–Kier alpha value is -1.65. The van der Waals surface area contributed by atoms with Crippen LogP contribution in [0.15, 0.2) is 60.7 Å². The molecule has 0 fully saturated rings. The van der Waals surface area contributed by atoms with Gasteiger partial charge in [0.2, 0.25) is 0 Å². The molecule has 0 saturated carbocycles. The normalized spacial score (nSPS) is 13.8. The molecule has 0 aromatic heterocycles. The van der Waals surface area contributed by atoms with Gasteiger partial charge in [0.25, 0.3) is 0 Å². The first-order chi connectivity index (χ1) is 13.4. The Bertz CT molecular complexity index is 716. The molecule has 0 bridgehead atoms. The number of hydrogen-bond acceptors (Lipinski definition) is 3. The maximum Gasteiger partial charge on any atom is 0.470 e. The molecule has 0 amide bonds. The molecule has 28 heavy (non-hydrogen) atoms. The van der Waals surface area contributed by atoms with Gasteiger partial charge in [-0.15, -0.1) is 0 Å². The Morgan fingerprint density at radius 3 is 1.96 bits per heavy atom. The predicted octanol–water partition coefficient (Wildman–Crippen LogP) is 5.82. The van der Waals surface area contributed by atoms with Gasteiger partial charge in [-0.05, 0) is 37.5 Å². The fraction of sp³-hybridized carbons (Fsp3) is 0.455. The molecule has 6 heteroatoms. The van der Waals surface area contributed by atoms with E-state index in [1.165, 1.54) is 0 Å². The van der Waals surface area contributed by atoms with Crippen molar-refractivity contribution in [3.8, 4) is 5.75 Å². The molecule has 0 aliphatic rings. The lowest BCUT2D eigenvalue weighted by molar-refractivity contribution is 0.0367. The summed E-state index contributed by atoms with van der Waals surface area (Å²) in [4.78, 5) is 18.6. The second-order valence-electron chi connectivity index (χ2n) is 7.21. The summed E-state index contributed by atoms with van der Waals surface area (Å²) in [7, 11) is -4.57. The molecule has 154 valence electrons. The van der Waals surface area contributed by atoms with Gasteiger partial charge < -0.3 is 14.5 Å². The van der Waals surface area contributed by atoms with Crippen molar-refractivity contribution in [1.82, 2.24) is 0 Å². The highest BCUT2D eigenvalue weighted by atomic mass is 31.2. The van der Waals surface area contributed by atoms with Crippen molar-refractivity contribution in [3.63, 3.8) is 0 Å². The van der Waals surface area contributed by atoms with Crippen molar-refractivity contribution in [3.05, 3.63) is 66.2 Å². The lowest BCUT2D eigenvalue weighted by atomic mass is 9.90. The van der Waals surface area contributed by atoms with Crippen LogP contribution in [-0.2, 0) is 14.7 Å². The molecule has 0 aliphatic carbocycles. The van der Waals surface area contributed by atoms with Crippen LogP contribution in [0, 0.1) is 0 Å². The molecular weight excluding hydrogens is 375 g/mol. The van der Waals surface area contributed by atoms with E-state index in [2.05, 4.69) is 0 Å². The third kappa shape index (κ3) is 8.57. The Kier molecular flexibility index (Phi) is 9.20. The Morgan fingerprint density at radius 1 is 0.821 bits per heavy atom. The van der Waals surface area contributed by atoms with Gasteiger partial charge >= 0.3 is 7.82 Å². The van der Waals surface area contributed by atoms with Gasteiger partial charge in [0.05, 0.1) is 6.61 Å². The Labute approximate surface area is 168 Å². The van der Waals surface area contributed by atoms with Crippen LogP contribution in [0.25, 0.3) is 0 Å². The molecular formula is C22H31O5P. The Morgan fingerprint density at radius 2 is 1.36 bits per heavy atom. The summed E-state index contributed by atoms with van der Waals surface area (Å²) in [5, 5.41) is 0. The summed E-state index contributed by atoms with van der Waals surface area (Å²) in [6.45, 7) is 2.48. The second-order valence-corrected chi connectivity index (χ2v) is 8.38. The van der Waals surface area contributed by atoms with Crippen LogP contribution in [0.2, 0.25) is 0 Å². The number of phosphoric ester groups is 1. The van der Waals surface area contributed by atoms with Crippen LogP contribution >= 0.6 is 7.82 Å². The van der Waals surface area contributed by atoms with Crippen molar-refractivity contribution in [1.29, 1.82) is 0 Å². The van der Waals surface area contributed by atoms with Gasteiger partial charge in [0.15, 0.2) is 0 Å². The highest BCUT2D eigenvalue weighted by Crippen LogP contribution is 2.47. The molecule has 2 rings (SSSR count). The Balaban J connectivity index is 1.65. The average molecular weight is 406 g/mol. The van der Waals surface area contributed by atoms with Crippen molar-refractivity contribution < 1.29 is 23.6 Å². The molecule has 1 unspecified atom stereocenters. The van der Waals surface area contributed by atoms with E-state index in [1.807, 2.05) is 60.7 Å². The fourth-order valence-electron chi connectivity index (χ4n) is 3.27. The van der Waals surface area contributed by atoms with Gasteiger partial charge in [0.1, 0.15) is 11.4 Å². The number of benzene rings is 2. The molecule has 5 nitrogen and oxygen atoms in total. The summed E-state index contributed by atoms with van der Waals surface area (Å²) in [6.07, 6.45) is 6.78. The minimum Gasteiger partial charge on any atom is -0.494 e. The highest BCUT2D eigenvalue weighted by molar-refractivity contribution is 7.46. The van der Waals surface area contributed by atoms with E-state index in [4.69, 9.17) is 9.26 Å². The fourth-order valence-corrected chi connectivity index (χ4v) is 4.00. The monoisotopic (exact) mass is 406 g/mol. The topological polar surface area (TPSA) is 76.0 Å². The third-order valence-electron chi connectivity index (χ3n) is 4.76. The van der Waals surface area contributed by atoms with Crippen LogP contribution in [0.4, 0.5) is 0 Å². The minimum atomic E-state index is -4.57. The number of ether oxygens (including phenoxy) is 1. The first kappa shape index (κ1) is 22.6. The third-order valence-corrected chi connectivity index (χ3v) is 5.41. The van der Waals surface area contributed by atoms with Crippen LogP contribution in [0.1, 0.15) is 57.4 Å². The largest absolute Gasteiger partial charge is 0.494 e. The number of hydrogen-bond donors (Lipinski definition) is 2. The number of phosphoric acid groups is 1. The quantitative estimate of drug-likeness (QED) is 0.324. The molecule has 0 radical (unpaired) electrons. The molecule has 0 heterocycles. The summed E-state index contributed by atoms with van der Waals surface area (Å²) in [5.41, 5.74) is -0.194. The maximum absolute atomic E-state index is 11.4. The van der Waals surface area contributed by atoms with Crippen molar-refractivity contribution in [2.24, 2.45) is 0 Å². The molecule has 0 spiro atoms. The smallest absolute Gasteiger partial charge is 0.470 e. The van der Waals surface area contributed by atoms with Crippen LogP contribution in [-0.4, -0.2) is 16.4 Å². The zero-order valence-corrected chi connectivity index (χ0v) is 17.4. The summed E-state index contributed by atoms with van der Waals surface area (Å²) < 4.78 is 22.3. The minimum absolute atomic E-state index is 0.569. The number of unbranched alkanes of at least 4 members (excludes halogenated alkanes) is 5. The van der Waals surface area contributed by atoms with Crippen LogP contribution in [0.5, 0.6) is 5.75 Å². The van der Waals surface area contributed by atoms with E-state index >= 15 is 0 Å². The molecule has 0 aliphatic heterocycles. The standard InChI is InChI=1S/C22H31O5P/c1-22(27-28(23,24)25,20-14-8-6-9-15-20)18-12-4-2-3-5-13-19-26-21-16-10-7-11-17-21/h6-11,14-17H,2-5,12-13,18-19H2,1H3,(H2,23,24,25). The molecule has 2 aromatic carbocycles. The first-order valence-electron chi connectivity index (χ1n) is 9.89. The van der Waals surface area contributed by atoms with Gasteiger partial charge in [-0.25, -0.2) is 4.57 Å². The number of para-hydroxylation sites is 1. The van der Waals surface area contributed by atoms with Crippen LogP contribution in [0.3, 0.4) is 0 Å². The van der Waals surface area contributed by atoms with E-state index in [-0.39, 0.29) is 0 Å². The molecule has 1 atom stereocenters. The lowest BCUT2D eigenvalue weighted by Crippen LogP contribution is -2.24. The zero-order valence-electron chi connectivity index (χ0n) is 16.5. The summed E-state index contributed by atoms with van der Waals surface area (Å²) in [6, 6.07) is 19.1. The lowest BCUT2D eigenvalue weighted by Gasteiger charge is -2.30. The predicted molar refractivity (Wildman–Crippen MR) is 111 cm³/mol. The van der Waals surface area contributed by atoms with Gasteiger partial charge in [-0.2, -0.15) is 0 Å². The average Bonchev–Trinajstić information content (AvgIpc) is 2.67. The summed E-state index contributed by atoms with van der Waals surface area (Å²) in [5.74, 6) is 0.910. The highest BCUT2D eigenvalue weighted by Gasteiger charge is 2.34. The molecule has 0 saturated heterocycles. The van der Waals surface area contributed by atoms with Crippen molar-refractivity contribution in [2.75, 3.05) is 6.61 Å². The van der Waals surface area contributed by atoms with Gasteiger partial charge in [0, 0.05) is 0 Å². The van der Waals surface area contributed by atoms with Crippen molar-refractivity contribution >= 4 is 7.82 Å².